The summed E-state index contributed by atoms with van der Waals surface area (Å²) in [6.07, 6.45) is 0.500. The Kier molecular flexibility index (Phi) is 3.47. The van der Waals surface area contributed by atoms with E-state index < -0.39 is 12.0 Å². The molecule has 4 N–H and O–H groups in total. The van der Waals surface area contributed by atoms with E-state index in [9.17, 15) is 9.59 Å². The van der Waals surface area contributed by atoms with Gasteiger partial charge in [0.2, 0.25) is 0 Å². The third-order valence-electron chi connectivity index (χ3n) is 1.47. The van der Waals surface area contributed by atoms with Crippen LogP contribution in [0.25, 0.3) is 0 Å². The van der Waals surface area contributed by atoms with Crippen molar-refractivity contribution in [1.82, 2.24) is 5.32 Å². The number of carboxylic acids is 1. The maximum absolute atomic E-state index is 10.3. The highest BCUT2D eigenvalue weighted by molar-refractivity contribution is 5.82. The predicted octanol–water partition coefficient (Wildman–Crippen LogP) is -1.63. The highest BCUT2D eigenvalue weighted by Gasteiger charge is 2.27. The van der Waals surface area contributed by atoms with Gasteiger partial charge in [0.15, 0.2) is 0 Å². The first-order valence-corrected chi connectivity index (χ1v) is 2.95. The zero-order valence-electron chi connectivity index (χ0n) is 5.76. The molecule has 1 saturated heterocycles. The summed E-state index contributed by atoms with van der Waals surface area (Å²) in [6, 6.07) is -0.794. The van der Waals surface area contributed by atoms with E-state index >= 15 is 0 Å². The molecule has 0 spiro atoms. The highest BCUT2D eigenvalue weighted by Crippen LogP contribution is 2.10. The van der Waals surface area contributed by atoms with Crippen molar-refractivity contribution in [3.8, 4) is 0 Å². The third-order valence-corrected chi connectivity index (χ3v) is 1.47. The molecule has 1 rings (SSSR count). The first-order chi connectivity index (χ1) is 4.75. The summed E-state index contributed by atoms with van der Waals surface area (Å²) in [7, 11) is 0. The van der Waals surface area contributed by atoms with Gasteiger partial charge in [0.1, 0.15) is 12.0 Å². The highest BCUT2D eigenvalue weighted by atomic mass is 16.4. The summed E-state index contributed by atoms with van der Waals surface area (Å²) in [5.74, 6) is 0.615. The molecule has 0 aliphatic carbocycles. The molecular formula is C6H9NO4. The molecule has 5 nitrogen and oxygen atoms in total. The van der Waals surface area contributed by atoms with Crippen LogP contribution in [0.3, 0.4) is 0 Å². The number of hydrogen-bond acceptors (Lipinski definition) is 3. The van der Waals surface area contributed by atoms with E-state index in [4.69, 9.17) is 5.11 Å². The van der Waals surface area contributed by atoms with E-state index in [-0.39, 0.29) is 5.48 Å². The first-order valence-electron chi connectivity index (χ1n) is 2.95. The zero-order valence-corrected chi connectivity index (χ0v) is 5.76. The quantitative estimate of drug-likeness (QED) is 0.448. The fourth-order valence-electron chi connectivity index (χ4n) is 0.965. The maximum Gasteiger partial charge on any atom is 0.325 e. The van der Waals surface area contributed by atoms with Gasteiger partial charge in [0.25, 0.3) is 0 Å². The molecule has 0 saturated carbocycles. The summed E-state index contributed by atoms with van der Waals surface area (Å²) in [6.45, 7) is 0.557. The van der Waals surface area contributed by atoms with Crippen molar-refractivity contribution in [2.45, 2.75) is 12.5 Å². The fraction of sp³-hybridized carbons (Fsp3) is 0.500. The van der Waals surface area contributed by atoms with Gasteiger partial charge in [-0.15, -0.1) is 0 Å². The molecule has 62 valence electrons. The lowest BCUT2D eigenvalue weighted by Gasteiger charge is -2.00. The van der Waals surface area contributed by atoms with Crippen LogP contribution in [-0.4, -0.2) is 35.1 Å². The van der Waals surface area contributed by atoms with Crippen molar-refractivity contribution < 1.29 is 20.2 Å². The minimum Gasteiger partial charge on any atom is -0.480 e. The van der Waals surface area contributed by atoms with Crippen molar-refractivity contribution in [2.75, 3.05) is 6.54 Å². The summed E-state index contributed by atoms with van der Waals surface area (Å²) >= 11 is 0. The van der Waals surface area contributed by atoms with Crippen molar-refractivity contribution in [1.29, 1.82) is 0 Å². The van der Waals surface area contributed by atoms with E-state index in [0.717, 1.165) is 0 Å². The Balaban J connectivity index is 0.000001000. The Morgan fingerprint density at radius 3 is 2.73 bits per heavy atom. The lowest BCUT2D eigenvalue weighted by Crippen LogP contribution is -2.31. The number of carbonyl (C=O) groups excluding carboxylic acids is 1. The summed E-state index contributed by atoms with van der Waals surface area (Å²) in [5, 5.41) is 11.1. The Morgan fingerprint density at radius 2 is 2.36 bits per heavy atom. The lowest BCUT2D eigenvalue weighted by molar-refractivity contribution is -0.138. The number of carbonyl (C=O) groups is 1. The number of hydrogen-bond donors (Lipinski definition) is 2. The molecule has 0 aromatic rings. The average molecular weight is 159 g/mol. The standard InChI is InChI=1S/C6H7NO3.H2O/c8-3-4-1-2-7-5(4)6(9)10;/h5,7H,1-2H2,(H,9,10);1H2/t5-;/m0./s1. The average Bonchev–Trinajstić information content (AvgIpc) is 2.33. The molecule has 0 aromatic heterocycles. The second-order valence-electron chi connectivity index (χ2n) is 2.10. The molecule has 0 bridgehead atoms. The summed E-state index contributed by atoms with van der Waals surface area (Å²) < 4.78 is 0. The number of carboxylic acid groups (broad SMARTS) is 1. The predicted molar refractivity (Wildman–Crippen MR) is 36.9 cm³/mol. The Hall–Kier alpha value is -1.16. The van der Waals surface area contributed by atoms with Gasteiger partial charge in [-0.25, -0.2) is 4.79 Å². The molecule has 0 unspecified atom stereocenters. The second-order valence-corrected chi connectivity index (χ2v) is 2.10. The molecule has 0 radical (unpaired) electrons. The smallest absolute Gasteiger partial charge is 0.325 e. The van der Waals surface area contributed by atoms with E-state index in [0.29, 0.717) is 18.5 Å². The molecular weight excluding hydrogens is 150 g/mol. The van der Waals surface area contributed by atoms with Crippen molar-refractivity contribution in [3.63, 3.8) is 0 Å². The SMILES string of the molecule is O.O=C=C1CCN[C@@H]1C(=O)O. The monoisotopic (exact) mass is 159 g/mol. The van der Waals surface area contributed by atoms with Gasteiger partial charge in [-0.2, -0.15) is 0 Å². The van der Waals surface area contributed by atoms with Gasteiger partial charge < -0.3 is 15.9 Å². The molecule has 0 amide bonds. The Bertz CT molecular complexity index is 207. The van der Waals surface area contributed by atoms with Gasteiger partial charge in [-0.05, 0) is 6.42 Å². The van der Waals surface area contributed by atoms with E-state index in [2.05, 4.69) is 5.32 Å². The van der Waals surface area contributed by atoms with Crippen LogP contribution < -0.4 is 5.32 Å². The van der Waals surface area contributed by atoms with Crippen LogP contribution in [0.5, 0.6) is 0 Å². The van der Waals surface area contributed by atoms with Crippen LogP contribution in [-0.2, 0) is 9.59 Å². The molecule has 1 aliphatic heterocycles. The van der Waals surface area contributed by atoms with Crippen molar-refractivity contribution in [2.24, 2.45) is 0 Å². The van der Waals surface area contributed by atoms with E-state index in [1.54, 1.807) is 5.94 Å². The maximum atomic E-state index is 10.3. The van der Waals surface area contributed by atoms with Gasteiger partial charge in [-0.3, -0.25) is 4.79 Å². The number of aliphatic carboxylic acids is 1. The molecule has 11 heavy (non-hydrogen) atoms. The first kappa shape index (κ1) is 9.84. The minimum absolute atomic E-state index is 0. The number of rotatable bonds is 1. The summed E-state index contributed by atoms with van der Waals surface area (Å²) in [5.41, 5.74) is 0.313. The van der Waals surface area contributed by atoms with E-state index in [1.165, 1.54) is 0 Å². The van der Waals surface area contributed by atoms with Gasteiger partial charge >= 0.3 is 5.97 Å². The third kappa shape index (κ3) is 1.88. The van der Waals surface area contributed by atoms with Crippen molar-refractivity contribution in [3.05, 3.63) is 5.57 Å². The molecule has 1 heterocycles. The molecule has 1 atom stereocenters. The fourth-order valence-corrected chi connectivity index (χ4v) is 0.965. The Morgan fingerprint density at radius 1 is 1.73 bits per heavy atom. The minimum atomic E-state index is -1.00. The zero-order chi connectivity index (χ0) is 7.56. The van der Waals surface area contributed by atoms with Crippen LogP contribution in [0.1, 0.15) is 6.42 Å². The van der Waals surface area contributed by atoms with Crippen molar-refractivity contribution >= 4 is 11.9 Å². The molecule has 5 heteroatoms. The molecule has 1 fully saturated rings. The van der Waals surface area contributed by atoms with Crippen LogP contribution in [0.2, 0.25) is 0 Å². The van der Waals surface area contributed by atoms with Crippen LogP contribution in [0.15, 0.2) is 5.57 Å². The van der Waals surface area contributed by atoms with Gasteiger partial charge in [0.05, 0.1) is 0 Å². The normalized spacial score (nSPS) is 22.2. The molecule has 0 aromatic carbocycles. The molecule has 1 aliphatic rings. The van der Waals surface area contributed by atoms with Gasteiger partial charge in [0, 0.05) is 12.1 Å². The van der Waals surface area contributed by atoms with Gasteiger partial charge in [-0.1, -0.05) is 0 Å². The van der Waals surface area contributed by atoms with Crippen LogP contribution in [0.4, 0.5) is 0 Å². The lowest BCUT2D eigenvalue weighted by atomic mass is 10.1. The topological polar surface area (TPSA) is 97.9 Å². The van der Waals surface area contributed by atoms with Crippen LogP contribution >= 0.6 is 0 Å². The summed E-state index contributed by atoms with van der Waals surface area (Å²) in [4.78, 5) is 20.4. The Labute approximate surface area is 63.0 Å². The second kappa shape index (κ2) is 3.88. The number of nitrogens with one attached hydrogen (secondary N) is 1. The largest absolute Gasteiger partial charge is 0.480 e. The van der Waals surface area contributed by atoms with E-state index in [1.807, 2.05) is 0 Å². The van der Waals surface area contributed by atoms with Crippen LogP contribution in [0, 0.1) is 0 Å².